The molecule has 3 nitrogen and oxygen atoms in total. The minimum Gasteiger partial charge on any atom is -0.374 e. The van der Waals surface area contributed by atoms with Gasteiger partial charge in [-0.25, -0.2) is 0 Å². The minimum atomic E-state index is -5.86. The van der Waals surface area contributed by atoms with E-state index in [0.717, 1.165) is 24.3 Å². The van der Waals surface area contributed by atoms with Crippen molar-refractivity contribution >= 4 is 14.5 Å². The van der Waals surface area contributed by atoms with Crippen LogP contribution >= 0.6 is 0 Å². The van der Waals surface area contributed by atoms with Gasteiger partial charge in [0.1, 0.15) is 0 Å². The Morgan fingerprint density at radius 2 is 0.750 bits per heavy atom. The van der Waals surface area contributed by atoms with Crippen LogP contribution in [-0.4, -0.2) is 67.7 Å². The first kappa shape index (κ1) is 46.9. The van der Waals surface area contributed by atoms with Crippen LogP contribution in [0.15, 0.2) is 55.1 Å². The molecule has 0 aliphatic rings. The zero-order valence-electron chi connectivity index (χ0n) is 24.5. The summed E-state index contributed by atoms with van der Waals surface area (Å²) >= 11 is 0. The van der Waals surface area contributed by atoms with E-state index in [4.69, 9.17) is 16.7 Å². The van der Waals surface area contributed by atoms with Crippen molar-refractivity contribution in [3.8, 4) is 0 Å². The van der Waals surface area contributed by atoms with E-state index in [-0.39, 0.29) is 11.6 Å². The molecule has 23 heteroatoms. The lowest BCUT2D eigenvalue weighted by Crippen LogP contribution is -2.54. The molecule has 2 aromatic rings. The molecule has 0 unspecified atom stereocenters. The van der Waals surface area contributed by atoms with Gasteiger partial charge in [-0.05, 0) is 20.7 Å². The zero-order chi connectivity index (χ0) is 39.2. The predicted molar refractivity (Wildman–Crippen MR) is 132 cm³/mol. The van der Waals surface area contributed by atoms with Crippen LogP contribution in [-0.2, 0) is 11.2 Å². The number of aryl methyl sites for hydroxylation is 1. The lowest BCUT2D eigenvalue weighted by atomic mass is 9.91. The molecule has 48 heavy (non-hydrogen) atoms. The van der Waals surface area contributed by atoms with Crippen molar-refractivity contribution in [1.29, 1.82) is 1.34 Å². The van der Waals surface area contributed by atoms with Gasteiger partial charge in [0.2, 0.25) is 0 Å². The first-order chi connectivity index (χ1) is 21.0. The molecule has 0 saturated heterocycles. The zero-order valence-corrected chi connectivity index (χ0v) is 23.5. The van der Waals surface area contributed by atoms with E-state index in [1.165, 1.54) is 13.0 Å². The number of rotatable bonds is 3. The van der Waals surface area contributed by atoms with Gasteiger partial charge in [-0.1, -0.05) is 66.7 Å². The van der Waals surface area contributed by atoms with E-state index in [9.17, 15) is 79.0 Å². The SMILES string of the molecule is C=Cc1ccc(C(O)(C(F)(F)F)C(F)(F)F)cc1.CC(O)(C(F)(F)F)C(F)(F)F.Cc1ccc(C(O)(C(F)(F)F)C(F)(F)F)cc1.F.[3H][B]. The average molecular weight is 744 g/mol. The highest BCUT2D eigenvalue weighted by Gasteiger charge is 2.72. The van der Waals surface area contributed by atoms with Gasteiger partial charge in [-0.15, -0.1) is 0 Å². The molecule has 2 aromatic carbocycles. The second-order valence-corrected chi connectivity index (χ2v) is 9.17. The van der Waals surface area contributed by atoms with Gasteiger partial charge in [0.05, 0.1) is 0 Å². The van der Waals surface area contributed by atoms with Crippen LogP contribution in [0.5, 0.6) is 0 Å². The summed E-state index contributed by atoms with van der Waals surface area (Å²) < 4.78 is 223. The second-order valence-electron chi connectivity index (χ2n) is 9.17. The standard InChI is InChI=1S/C11H8F6O.C10H8F6O.C4H4F6O.BH.FH/c1-2-7-3-5-8(6-4-7)9(18,10(12,13)14)11(15,16)17;1-6-2-4-7(5-3-6)8(17,9(11,12)13)10(14,15)16;1-2(11,3(5,6)7)4(8,9)10;;/h2-6,18H,1H2;2-5,17H,1H3;11H,1H3;2*1H/i;;;1T;. The maximum Gasteiger partial charge on any atom is 0.430 e. The third-order valence-corrected chi connectivity index (χ3v) is 5.78. The molecule has 3 N–H and O–H groups in total. The number of halogens is 19. The molecule has 0 saturated carbocycles. The first-order valence-corrected chi connectivity index (χ1v) is 11.4. The Bertz CT molecular complexity index is 1230. The fourth-order valence-corrected chi connectivity index (χ4v) is 2.79. The number of alkyl halides is 18. The Labute approximate surface area is 260 Å². The fourth-order valence-electron chi connectivity index (χ4n) is 2.79. The lowest BCUT2D eigenvalue weighted by Gasteiger charge is -2.32. The maximum absolute atomic E-state index is 12.5. The molecule has 0 bridgehead atoms. The van der Waals surface area contributed by atoms with Gasteiger partial charge in [0, 0.05) is 19.5 Å². The van der Waals surface area contributed by atoms with Crippen LogP contribution in [0, 0.1) is 6.92 Å². The normalized spacial score (nSPS) is 13.6. The second kappa shape index (κ2) is 15.6. The fraction of sp³-hybridized carbons (Fsp3) is 0.440. The van der Waals surface area contributed by atoms with Crippen LogP contribution in [0.3, 0.4) is 0 Å². The van der Waals surface area contributed by atoms with Gasteiger partial charge in [0.15, 0.2) is 0 Å². The largest absolute Gasteiger partial charge is 0.430 e. The molecule has 0 atom stereocenters. The van der Waals surface area contributed by atoms with Gasteiger partial charge < -0.3 is 15.3 Å². The van der Waals surface area contributed by atoms with Crippen LogP contribution in [0.1, 0.15) is 29.2 Å². The Morgan fingerprint density at radius 3 is 0.917 bits per heavy atom. The number of benzene rings is 2. The van der Waals surface area contributed by atoms with Crippen LogP contribution in [0.25, 0.3) is 6.08 Å². The minimum absolute atomic E-state index is 0. The lowest BCUT2D eigenvalue weighted by molar-refractivity contribution is -0.376. The predicted octanol–water partition coefficient (Wildman–Crippen LogP) is 8.32. The van der Waals surface area contributed by atoms with Crippen LogP contribution < -0.4 is 0 Å². The molecule has 2 rings (SSSR count). The Balaban J connectivity index is -0.000000642. The number of hydrogen-bond acceptors (Lipinski definition) is 3. The summed E-state index contributed by atoms with van der Waals surface area (Å²) in [6.45, 7) is 4.48. The summed E-state index contributed by atoms with van der Waals surface area (Å²) in [6, 6.07) is 6.49. The molecule has 276 valence electrons. The average Bonchev–Trinajstić information content (AvgIpc) is 2.91. The summed E-state index contributed by atoms with van der Waals surface area (Å²) in [5, 5.41) is 26.0. The molecule has 2 radical (unpaired) electrons. The van der Waals surface area contributed by atoms with Crippen molar-refractivity contribution < 1.29 is 99.1 Å². The first-order valence-electron chi connectivity index (χ1n) is 12.0. The summed E-state index contributed by atoms with van der Waals surface area (Å²) in [5.41, 5.74) is -16.0. The summed E-state index contributed by atoms with van der Waals surface area (Å²) in [5.74, 6) is 0. The van der Waals surface area contributed by atoms with E-state index in [0.29, 0.717) is 35.4 Å². The van der Waals surface area contributed by atoms with Crippen molar-refractivity contribution in [3.63, 3.8) is 0 Å². The van der Waals surface area contributed by atoms with Crippen LogP contribution in [0.2, 0.25) is 0 Å². The van der Waals surface area contributed by atoms with Gasteiger partial charge in [-0.3, -0.25) is 4.70 Å². The molecule has 0 aliphatic heterocycles. The summed E-state index contributed by atoms with van der Waals surface area (Å²) in [4.78, 5) is 0. The topological polar surface area (TPSA) is 60.7 Å². The van der Waals surface area contributed by atoms with E-state index in [1.54, 1.807) is 0 Å². The van der Waals surface area contributed by atoms with Crippen molar-refractivity contribution in [2.24, 2.45) is 0 Å². The van der Waals surface area contributed by atoms with Gasteiger partial charge in [-0.2, -0.15) is 79.0 Å². The third-order valence-electron chi connectivity index (χ3n) is 5.78. The summed E-state index contributed by atoms with van der Waals surface area (Å²) in [6.07, 6.45) is -33.5. The molecule has 0 fully saturated rings. The third kappa shape index (κ3) is 10.4. The molecule has 0 spiro atoms. The van der Waals surface area contributed by atoms with Gasteiger partial charge in [0.25, 0.3) is 16.8 Å². The van der Waals surface area contributed by atoms with E-state index >= 15 is 0 Å². The smallest absolute Gasteiger partial charge is 0.374 e. The Morgan fingerprint density at radius 1 is 0.521 bits per heavy atom. The quantitative estimate of drug-likeness (QED) is 0.219. The maximum atomic E-state index is 12.5. The van der Waals surface area contributed by atoms with Crippen LogP contribution in [0.4, 0.5) is 83.7 Å². The van der Waals surface area contributed by atoms with Gasteiger partial charge >= 0.3 is 37.1 Å². The Kier molecular flexibility index (Phi) is 15.2. The molecular weight excluding hydrogens is 720 g/mol. The molecule has 0 aromatic heterocycles. The number of hydrogen-bond donors (Lipinski definition) is 3. The van der Waals surface area contributed by atoms with Crippen molar-refractivity contribution in [2.75, 3.05) is 0 Å². The van der Waals surface area contributed by atoms with Crippen molar-refractivity contribution in [1.82, 2.24) is 0 Å². The monoisotopic (exact) mass is 744 g/mol. The highest BCUT2D eigenvalue weighted by atomic mass is 19.4. The molecule has 0 heterocycles. The van der Waals surface area contributed by atoms with E-state index in [1.807, 2.05) is 0 Å². The highest BCUT2D eigenvalue weighted by molar-refractivity contribution is 5.75. The van der Waals surface area contributed by atoms with Crippen molar-refractivity contribution in [3.05, 3.63) is 77.4 Å². The van der Waals surface area contributed by atoms with E-state index in [2.05, 4.69) is 15.0 Å². The number of aliphatic hydroxyl groups is 3. The van der Waals surface area contributed by atoms with Crippen molar-refractivity contribution in [2.45, 2.75) is 67.7 Å². The Hall–Kier alpha value is -3.21. The molecule has 0 aliphatic carbocycles. The highest BCUT2D eigenvalue weighted by Crippen LogP contribution is 2.51. The molecular formula is C25H22BF19O3. The van der Waals surface area contributed by atoms with E-state index < -0.39 is 65.0 Å². The molecule has 0 amide bonds. The summed E-state index contributed by atoms with van der Waals surface area (Å²) in [7, 11) is 3.75.